The van der Waals surface area contributed by atoms with Crippen LogP contribution in [0.4, 0.5) is 5.82 Å². The molecule has 6 heteroatoms. The van der Waals surface area contributed by atoms with Crippen LogP contribution in [-0.4, -0.2) is 45.8 Å². The second kappa shape index (κ2) is 5.36. The van der Waals surface area contributed by atoms with Crippen LogP contribution in [-0.2, 0) is 0 Å². The topological polar surface area (TPSA) is 58.4 Å². The SMILES string of the molecule is CNC1CCC(N(C)c2nccn3c(C)nnc23)CC1. The molecular weight excluding hydrogens is 252 g/mol. The van der Waals surface area contributed by atoms with Crippen molar-refractivity contribution in [3.05, 3.63) is 18.2 Å². The number of fused-ring (bicyclic) bond motifs is 1. The van der Waals surface area contributed by atoms with Crippen LogP contribution in [0.25, 0.3) is 5.65 Å². The summed E-state index contributed by atoms with van der Waals surface area (Å²) in [5, 5.41) is 11.8. The molecule has 0 unspecified atom stereocenters. The third-order valence-electron chi connectivity index (χ3n) is 4.47. The number of anilines is 1. The van der Waals surface area contributed by atoms with E-state index in [1.807, 2.05) is 23.7 Å². The Morgan fingerprint density at radius 2 is 2.00 bits per heavy atom. The van der Waals surface area contributed by atoms with Crippen molar-refractivity contribution in [2.75, 3.05) is 19.0 Å². The first-order valence-corrected chi connectivity index (χ1v) is 7.27. The zero-order valence-electron chi connectivity index (χ0n) is 12.4. The lowest BCUT2D eigenvalue weighted by molar-refractivity contribution is 0.350. The van der Waals surface area contributed by atoms with Crippen molar-refractivity contribution in [2.24, 2.45) is 0 Å². The monoisotopic (exact) mass is 274 g/mol. The van der Waals surface area contributed by atoms with E-state index in [0.29, 0.717) is 12.1 Å². The molecule has 2 heterocycles. The molecule has 3 rings (SSSR count). The summed E-state index contributed by atoms with van der Waals surface area (Å²) in [6.45, 7) is 1.96. The van der Waals surface area contributed by atoms with E-state index < -0.39 is 0 Å². The summed E-state index contributed by atoms with van der Waals surface area (Å²) in [5.41, 5.74) is 0.850. The average Bonchev–Trinajstić information content (AvgIpc) is 2.88. The molecule has 0 amide bonds. The summed E-state index contributed by atoms with van der Waals surface area (Å²) in [4.78, 5) is 6.79. The van der Waals surface area contributed by atoms with E-state index in [9.17, 15) is 0 Å². The van der Waals surface area contributed by atoms with Crippen molar-refractivity contribution in [1.29, 1.82) is 0 Å². The van der Waals surface area contributed by atoms with Crippen LogP contribution in [0, 0.1) is 6.92 Å². The molecule has 0 bridgehead atoms. The van der Waals surface area contributed by atoms with Gasteiger partial charge in [-0.3, -0.25) is 4.40 Å². The summed E-state index contributed by atoms with van der Waals surface area (Å²) in [5.74, 6) is 1.83. The van der Waals surface area contributed by atoms with Gasteiger partial charge in [-0.15, -0.1) is 10.2 Å². The maximum absolute atomic E-state index is 4.52. The highest BCUT2D eigenvalue weighted by atomic mass is 15.3. The number of hydrogen-bond donors (Lipinski definition) is 1. The van der Waals surface area contributed by atoms with Crippen LogP contribution in [0.5, 0.6) is 0 Å². The molecule has 108 valence electrons. The average molecular weight is 274 g/mol. The summed E-state index contributed by atoms with van der Waals surface area (Å²) in [6, 6.07) is 1.20. The van der Waals surface area contributed by atoms with Crippen LogP contribution in [0.3, 0.4) is 0 Å². The molecule has 0 spiro atoms. The van der Waals surface area contributed by atoms with Gasteiger partial charge in [-0.1, -0.05) is 0 Å². The van der Waals surface area contributed by atoms with E-state index in [2.05, 4.69) is 39.5 Å². The standard InChI is InChI=1S/C14H22N6/c1-10-17-18-14-13(16-8-9-20(10)14)19(3)12-6-4-11(15-2)5-7-12/h8-9,11-12,15H,4-7H2,1-3H3. The number of nitrogens with zero attached hydrogens (tertiary/aromatic N) is 5. The van der Waals surface area contributed by atoms with Crippen LogP contribution in [0.15, 0.2) is 12.4 Å². The van der Waals surface area contributed by atoms with E-state index in [0.717, 1.165) is 17.3 Å². The molecule has 1 aliphatic rings. The Kier molecular flexibility index (Phi) is 3.56. The van der Waals surface area contributed by atoms with E-state index in [1.54, 1.807) is 0 Å². The van der Waals surface area contributed by atoms with Gasteiger partial charge in [0, 0.05) is 31.5 Å². The first-order chi connectivity index (χ1) is 9.70. The lowest BCUT2D eigenvalue weighted by Gasteiger charge is -2.35. The Morgan fingerprint density at radius 3 is 2.70 bits per heavy atom. The van der Waals surface area contributed by atoms with Crippen molar-refractivity contribution in [1.82, 2.24) is 24.9 Å². The number of aromatic nitrogens is 4. The lowest BCUT2D eigenvalue weighted by Crippen LogP contribution is -2.40. The highest BCUT2D eigenvalue weighted by Gasteiger charge is 2.25. The van der Waals surface area contributed by atoms with Crippen molar-refractivity contribution >= 4 is 11.5 Å². The minimum absolute atomic E-state index is 0.537. The molecule has 2 aromatic rings. The fraction of sp³-hybridized carbons (Fsp3) is 0.643. The molecule has 1 N–H and O–H groups in total. The number of nitrogens with one attached hydrogen (secondary N) is 1. The van der Waals surface area contributed by atoms with Crippen LogP contribution >= 0.6 is 0 Å². The number of aryl methyl sites for hydroxylation is 1. The fourth-order valence-electron chi connectivity index (χ4n) is 3.10. The Morgan fingerprint density at radius 1 is 1.25 bits per heavy atom. The Bertz CT molecular complexity index is 584. The second-order valence-corrected chi connectivity index (χ2v) is 5.60. The Labute approximate surface area is 119 Å². The molecule has 0 aromatic carbocycles. The van der Waals surface area contributed by atoms with E-state index in [-0.39, 0.29) is 0 Å². The predicted molar refractivity (Wildman–Crippen MR) is 79.0 cm³/mol. The Hall–Kier alpha value is -1.69. The van der Waals surface area contributed by atoms with Gasteiger partial charge in [-0.2, -0.15) is 0 Å². The minimum atomic E-state index is 0.537. The maximum atomic E-state index is 4.52. The largest absolute Gasteiger partial charge is 0.354 e. The molecule has 1 saturated carbocycles. The van der Waals surface area contributed by atoms with Gasteiger partial charge in [0.25, 0.3) is 0 Å². The van der Waals surface area contributed by atoms with Gasteiger partial charge < -0.3 is 10.2 Å². The highest BCUT2D eigenvalue weighted by Crippen LogP contribution is 2.27. The smallest absolute Gasteiger partial charge is 0.203 e. The predicted octanol–water partition coefficient (Wildman–Crippen LogP) is 1.40. The maximum Gasteiger partial charge on any atom is 0.203 e. The summed E-state index contributed by atoms with van der Waals surface area (Å²) >= 11 is 0. The Balaban J connectivity index is 1.84. The van der Waals surface area contributed by atoms with E-state index in [1.165, 1.54) is 25.7 Å². The minimum Gasteiger partial charge on any atom is -0.354 e. The summed E-state index contributed by atoms with van der Waals surface area (Å²) < 4.78 is 2.00. The van der Waals surface area contributed by atoms with Gasteiger partial charge in [0.05, 0.1) is 0 Å². The number of rotatable bonds is 3. The van der Waals surface area contributed by atoms with Gasteiger partial charge in [0.15, 0.2) is 5.82 Å². The molecule has 0 atom stereocenters. The normalized spacial score (nSPS) is 23.1. The molecule has 6 nitrogen and oxygen atoms in total. The van der Waals surface area contributed by atoms with Crippen molar-refractivity contribution < 1.29 is 0 Å². The third kappa shape index (κ3) is 2.24. The lowest BCUT2D eigenvalue weighted by atomic mass is 9.90. The molecule has 1 aliphatic carbocycles. The highest BCUT2D eigenvalue weighted by molar-refractivity contribution is 5.63. The zero-order chi connectivity index (χ0) is 14.1. The number of hydrogen-bond acceptors (Lipinski definition) is 5. The van der Waals surface area contributed by atoms with Crippen LogP contribution in [0.1, 0.15) is 31.5 Å². The van der Waals surface area contributed by atoms with Gasteiger partial charge in [0.2, 0.25) is 5.65 Å². The quantitative estimate of drug-likeness (QED) is 0.917. The van der Waals surface area contributed by atoms with Gasteiger partial charge in [-0.25, -0.2) is 4.98 Å². The molecule has 2 aromatic heterocycles. The third-order valence-corrected chi connectivity index (χ3v) is 4.47. The van der Waals surface area contributed by atoms with E-state index >= 15 is 0 Å². The fourth-order valence-corrected chi connectivity index (χ4v) is 3.10. The van der Waals surface area contributed by atoms with Gasteiger partial charge in [-0.05, 0) is 39.7 Å². The van der Waals surface area contributed by atoms with Crippen LogP contribution in [0.2, 0.25) is 0 Å². The van der Waals surface area contributed by atoms with Gasteiger partial charge in [0.1, 0.15) is 5.82 Å². The summed E-state index contributed by atoms with van der Waals surface area (Å²) in [6.07, 6.45) is 8.57. The molecular formula is C14H22N6. The summed E-state index contributed by atoms with van der Waals surface area (Å²) in [7, 11) is 4.17. The second-order valence-electron chi connectivity index (χ2n) is 5.60. The van der Waals surface area contributed by atoms with Crippen molar-refractivity contribution in [2.45, 2.75) is 44.7 Å². The molecule has 1 fully saturated rings. The molecule has 0 radical (unpaired) electrons. The van der Waals surface area contributed by atoms with Crippen molar-refractivity contribution in [3.63, 3.8) is 0 Å². The first-order valence-electron chi connectivity index (χ1n) is 7.27. The van der Waals surface area contributed by atoms with Crippen molar-refractivity contribution in [3.8, 4) is 0 Å². The molecule has 0 aliphatic heterocycles. The zero-order valence-corrected chi connectivity index (χ0v) is 12.4. The molecule has 20 heavy (non-hydrogen) atoms. The van der Waals surface area contributed by atoms with Gasteiger partial charge >= 0.3 is 0 Å². The first kappa shape index (κ1) is 13.3. The van der Waals surface area contributed by atoms with Crippen LogP contribution < -0.4 is 10.2 Å². The van der Waals surface area contributed by atoms with E-state index in [4.69, 9.17) is 0 Å². The molecule has 0 saturated heterocycles.